The summed E-state index contributed by atoms with van der Waals surface area (Å²) in [6.07, 6.45) is 0. The van der Waals surface area contributed by atoms with E-state index in [1.165, 1.54) is 0 Å². The molecule has 6 N–H and O–H groups in total. The molecule has 6 rings (SSSR count). The van der Waals surface area contributed by atoms with Gasteiger partial charge >= 0.3 is 0 Å². The van der Waals surface area contributed by atoms with Crippen LogP contribution in [0.5, 0.6) is 0 Å². The maximum Gasteiger partial charge on any atom is 0.243 e. The van der Waals surface area contributed by atoms with Crippen molar-refractivity contribution in [3.05, 3.63) is 89.5 Å². The van der Waals surface area contributed by atoms with Crippen LogP contribution in [0.3, 0.4) is 0 Å². The normalized spacial score (nSPS) is 16.4. The van der Waals surface area contributed by atoms with E-state index in [9.17, 15) is 0 Å². The maximum absolute atomic E-state index is 5.85. The predicted octanol–water partition coefficient (Wildman–Crippen LogP) is 2.48. The van der Waals surface area contributed by atoms with E-state index >= 15 is 0 Å². The summed E-state index contributed by atoms with van der Waals surface area (Å²) < 4.78 is 0. The Morgan fingerprint density at radius 2 is 0.647 bits per heavy atom. The van der Waals surface area contributed by atoms with Crippen LogP contribution in [-0.4, -0.2) is 40.3 Å². The highest BCUT2D eigenvalue weighted by atomic mass is 15.5. The molecule has 3 heterocycles. The minimum atomic E-state index is 0.373. The fourth-order valence-corrected chi connectivity index (χ4v) is 3.57. The van der Waals surface area contributed by atoms with Gasteiger partial charge in [0.1, 0.15) is 0 Å². The zero-order valence-corrected chi connectivity index (χ0v) is 17.8. The first-order valence-electron chi connectivity index (χ1n) is 10.4. The van der Waals surface area contributed by atoms with Crippen LogP contribution in [0, 0.1) is 0 Å². The highest BCUT2D eigenvalue weighted by molar-refractivity contribution is 6.34. The van der Waals surface area contributed by atoms with E-state index in [1.54, 1.807) is 41.3 Å². The highest BCUT2D eigenvalue weighted by Gasteiger charge is 2.35. The van der Waals surface area contributed by atoms with E-state index in [4.69, 9.17) is 17.2 Å². The molecular weight excluding hydrogens is 428 g/mol. The van der Waals surface area contributed by atoms with Crippen molar-refractivity contribution < 1.29 is 0 Å². The SMILES string of the molecule is Nc1ccc(C2=NC3=NC(c4ccc(N)cc4)=NC4=NC(c5ccc(N)cc5)=NC(=N2)N34)cc1. The number of guanidine groups is 3. The fraction of sp³-hybridized carbons (Fsp3) is 0. The molecule has 10 heteroatoms. The minimum Gasteiger partial charge on any atom is -0.399 e. The van der Waals surface area contributed by atoms with Gasteiger partial charge < -0.3 is 17.2 Å². The number of anilines is 3. The summed E-state index contributed by atoms with van der Waals surface area (Å²) in [5.41, 5.74) is 21.9. The van der Waals surface area contributed by atoms with Crippen LogP contribution >= 0.6 is 0 Å². The molecule has 0 saturated heterocycles. The Morgan fingerprint density at radius 1 is 0.382 bits per heavy atom. The number of hydrogen-bond acceptors (Lipinski definition) is 10. The van der Waals surface area contributed by atoms with Crippen LogP contribution in [0.25, 0.3) is 0 Å². The molecule has 0 saturated carbocycles. The Hall–Kier alpha value is -5.12. The van der Waals surface area contributed by atoms with Crippen molar-refractivity contribution in [3.8, 4) is 0 Å². The van der Waals surface area contributed by atoms with Gasteiger partial charge in [0.15, 0.2) is 17.5 Å². The molecule has 3 aliphatic heterocycles. The van der Waals surface area contributed by atoms with Gasteiger partial charge in [-0.25, -0.2) is 4.90 Å². The van der Waals surface area contributed by atoms with Gasteiger partial charge in [-0.1, -0.05) is 0 Å². The Bertz CT molecular complexity index is 1300. The summed E-state index contributed by atoms with van der Waals surface area (Å²) in [5, 5.41) is 0. The fourth-order valence-electron chi connectivity index (χ4n) is 3.57. The van der Waals surface area contributed by atoms with Gasteiger partial charge in [0.05, 0.1) is 0 Å². The second-order valence-electron chi connectivity index (χ2n) is 7.74. The number of aliphatic imine (C=N–C) groups is 6. The van der Waals surface area contributed by atoms with E-state index in [0.717, 1.165) is 16.7 Å². The van der Waals surface area contributed by atoms with Crippen molar-refractivity contribution >= 4 is 52.4 Å². The second-order valence-corrected chi connectivity index (χ2v) is 7.74. The van der Waals surface area contributed by atoms with Gasteiger partial charge in [0, 0.05) is 33.8 Å². The quantitative estimate of drug-likeness (QED) is 0.528. The lowest BCUT2D eigenvalue weighted by atomic mass is 10.1. The molecule has 34 heavy (non-hydrogen) atoms. The number of rotatable bonds is 3. The van der Waals surface area contributed by atoms with Crippen LogP contribution < -0.4 is 17.2 Å². The Labute approximate surface area is 194 Å². The van der Waals surface area contributed by atoms with Crippen LogP contribution in [0.1, 0.15) is 16.7 Å². The summed E-state index contributed by atoms with van der Waals surface area (Å²) >= 11 is 0. The topological polar surface area (TPSA) is 155 Å². The van der Waals surface area contributed by atoms with Gasteiger partial charge in [0.25, 0.3) is 0 Å². The molecule has 164 valence electrons. The van der Waals surface area contributed by atoms with E-state index in [1.807, 2.05) is 36.4 Å². The van der Waals surface area contributed by atoms with Crippen molar-refractivity contribution in [1.29, 1.82) is 0 Å². The molecule has 3 aromatic carbocycles. The third-order valence-corrected chi connectivity index (χ3v) is 5.34. The zero-order chi connectivity index (χ0) is 23.2. The van der Waals surface area contributed by atoms with Crippen LogP contribution in [-0.2, 0) is 0 Å². The zero-order valence-electron chi connectivity index (χ0n) is 17.8. The molecular formula is C24H18N10. The van der Waals surface area contributed by atoms with Crippen LogP contribution in [0.15, 0.2) is 103 Å². The third-order valence-electron chi connectivity index (χ3n) is 5.34. The molecule has 3 aromatic rings. The Balaban J connectivity index is 1.53. The molecule has 3 aliphatic rings. The Kier molecular flexibility index (Phi) is 4.30. The molecule has 0 bridgehead atoms. The van der Waals surface area contributed by atoms with Crippen LogP contribution in [0.2, 0.25) is 0 Å². The molecule has 0 aromatic heterocycles. The van der Waals surface area contributed by atoms with E-state index in [0.29, 0.717) is 52.4 Å². The first kappa shape index (κ1) is 19.6. The van der Waals surface area contributed by atoms with Gasteiger partial charge in [0.2, 0.25) is 17.9 Å². The van der Waals surface area contributed by atoms with Gasteiger partial charge in [-0.05, 0) is 72.8 Å². The van der Waals surface area contributed by atoms with E-state index in [-0.39, 0.29) is 0 Å². The van der Waals surface area contributed by atoms with Crippen molar-refractivity contribution in [2.75, 3.05) is 17.2 Å². The first-order chi connectivity index (χ1) is 16.5. The molecule has 10 nitrogen and oxygen atoms in total. The minimum absolute atomic E-state index is 0.373. The number of nitrogens with zero attached hydrogens (tertiary/aromatic N) is 7. The monoisotopic (exact) mass is 446 g/mol. The summed E-state index contributed by atoms with van der Waals surface area (Å²) in [6.45, 7) is 0. The van der Waals surface area contributed by atoms with E-state index in [2.05, 4.69) is 30.0 Å². The molecule has 0 spiro atoms. The standard InChI is InChI=1S/C24H18N10/c25-16-7-1-13(2-8-16)19-28-22-30-20(14-3-9-17(26)10-4-14)32-24-33-21(31-23(29-19)34(22)24)15-5-11-18(27)12-6-15/h1-12H,25-27H2. The first-order valence-corrected chi connectivity index (χ1v) is 10.4. The lowest BCUT2D eigenvalue weighted by Gasteiger charge is -2.30. The highest BCUT2D eigenvalue weighted by Crippen LogP contribution is 2.23. The Morgan fingerprint density at radius 3 is 0.912 bits per heavy atom. The third kappa shape index (κ3) is 3.39. The number of hydrogen-bond donors (Lipinski definition) is 3. The lowest BCUT2D eigenvalue weighted by Crippen LogP contribution is -2.48. The molecule has 0 amide bonds. The molecule has 0 unspecified atom stereocenters. The van der Waals surface area contributed by atoms with Gasteiger partial charge in [-0.15, -0.1) is 0 Å². The number of benzene rings is 3. The largest absolute Gasteiger partial charge is 0.399 e. The smallest absolute Gasteiger partial charge is 0.243 e. The summed E-state index contributed by atoms with van der Waals surface area (Å²) in [4.78, 5) is 29.7. The number of amidine groups is 3. The average molecular weight is 446 g/mol. The predicted molar refractivity (Wildman–Crippen MR) is 136 cm³/mol. The summed E-state index contributed by atoms with van der Waals surface area (Å²) in [7, 11) is 0. The maximum atomic E-state index is 5.85. The van der Waals surface area contributed by atoms with Crippen LogP contribution in [0.4, 0.5) is 17.1 Å². The summed E-state index contributed by atoms with van der Waals surface area (Å²) in [6, 6.07) is 21.9. The average Bonchev–Trinajstić information content (AvgIpc) is 2.85. The lowest BCUT2D eigenvalue weighted by molar-refractivity contribution is 0.828. The molecule has 0 fully saturated rings. The molecule has 0 aliphatic carbocycles. The van der Waals surface area contributed by atoms with Crippen molar-refractivity contribution in [3.63, 3.8) is 0 Å². The summed E-state index contributed by atoms with van der Waals surface area (Å²) in [5.74, 6) is 2.51. The van der Waals surface area contributed by atoms with Gasteiger partial charge in [-0.2, -0.15) is 30.0 Å². The molecule has 0 radical (unpaired) electrons. The number of nitrogens with two attached hydrogens (primary N) is 3. The van der Waals surface area contributed by atoms with Crippen molar-refractivity contribution in [2.45, 2.75) is 0 Å². The van der Waals surface area contributed by atoms with E-state index < -0.39 is 0 Å². The molecule has 0 atom stereocenters. The second kappa shape index (κ2) is 7.48. The number of nitrogen functional groups attached to an aromatic ring is 3. The van der Waals surface area contributed by atoms with Gasteiger partial charge in [-0.3, -0.25) is 0 Å². The van der Waals surface area contributed by atoms with Crippen molar-refractivity contribution in [2.24, 2.45) is 30.0 Å². The van der Waals surface area contributed by atoms with Crippen molar-refractivity contribution in [1.82, 2.24) is 4.90 Å².